The molecule has 2 rings (SSSR count). The normalized spacial score (nSPS) is 10.6. The second kappa shape index (κ2) is 6.21. The van der Waals surface area contributed by atoms with E-state index >= 15 is 0 Å². The summed E-state index contributed by atoms with van der Waals surface area (Å²) in [6.07, 6.45) is 3.28. The summed E-state index contributed by atoms with van der Waals surface area (Å²) in [4.78, 5) is 12.1. The lowest BCUT2D eigenvalue weighted by Crippen LogP contribution is -1.98. The van der Waals surface area contributed by atoms with Crippen LogP contribution in [0.4, 0.5) is 0 Å². The van der Waals surface area contributed by atoms with Crippen LogP contribution in [-0.4, -0.2) is 12.9 Å². The van der Waals surface area contributed by atoms with Gasteiger partial charge in [-0.2, -0.15) is 0 Å². The largest absolute Gasteiger partial charge is 0.496 e. The Morgan fingerprint density at radius 1 is 1.11 bits per heavy atom. The molecule has 2 nitrogen and oxygen atoms in total. The third-order valence-corrected chi connectivity index (χ3v) is 2.92. The van der Waals surface area contributed by atoms with Crippen LogP contribution < -0.4 is 4.74 Å². The van der Waals surface area contributed by atoms with Gasteiger partial charge in [0, 0.05) is 5.02 Å². The predicted octanol–water partition coefficient (Wildman–Crippen LogP) is 4.24. The molecule has 0 aromatic heterocycles. The quantitative estimate of drug-likeness (QED) is 0.614. The fourth-order valence-corrected chi connectivity index (χ4v) is 1.81. The molecule has 3 heteroatoms. The summed E-state index contributed by atoms with van der Waals surface area (Å²) in [7, 11) is 1.55. The van der Waals surface area contributed by atoms with Crippen LogP contribution in [0.15, 0.2) is 54.6 Å². The van der Waals surface area contributed by atoms with Gasteiger partial charge in [0.05, 0.1) is 12.7 Å². The number of ketones is 1. The molecule has 0 aliphatic rings. The van der Waals surface area contributed by atoms with Crippen LogP contribution in [0.3, 0.4) is 0 Å². The number of para-hydroxylation sites is 1. The number of ether oxygens (including phenoxy) is 1. The van der Waals surface area contributed by atoms with Gasteiger partial charge in [-0.3, -0.25) is 4.79 Å². The summed E-state index contributed by atoms with van der Waals surface area (Å²) in [5, 5.41) is 0.674. The van der Waals surface area contributed by atoms with Crippen LogP contribution in [0.25, 0.3) is 6.08 Å². The number of hydrogen-bond acceptors (Lipinski definition) is 2. The third kappa shape index (κ3) is 3.46. The first-order valence-electron chi connectivity index (χ1n) is 5.81. The highest BCUT2D eigenvalue weighted by Crippen LogP contribution is 2.19. The molecule has 2 aromatic carbocycles. The lowest BCUT2D eigenvalue weighted by atomic mass is 10.1. The van der Waals surface area contributed by atoms with E-state index in [0.29, 0.717) is 16.3 Å². The molecule has 19 heavy (non-hydrogen) atoms. The summed E-state index contributed by atoms with van der Waals surface area (Å²) >= 11 is 5.80. The van der Waals surface area contributed by atoms with E-state index in [4.69, 9.17) is 16.3 Å². The number of allylic oxidation sites excluding steroid dienone is 1. The van der Waals surface area contributed by atoms with Crippen LogP contribution in [0, 0.1) is 0 Å². The fourth-order valence-electron chi connectivity index (χ4n) is 1.68. The topological polar surface area (TPSA) is 26.3 Å². The molecule has 0 radical (unpaired) electrons. The Kier molecular flexibility index (Phi) is 4.37. The molecule has 0 atom stereocenters. The van der Waals surface area contributed by atoms with Crippen LogP contribution >= 0.6 is 11.6 Å². The molecule has 0 fully saturated rings. The second-order valence-corrected chi connectivity index (χ2v) is 4.39. The van der Waals surface area contributed by atoms with Crippen molar-refractivity contribution in [2.75, 3.05) is 7.11 Å². The Morgan fingerprint density at radius 3 is 2.47 bits per heavy atom. The molecule has 0 saturated heterocycles. The summed E-state index contributed by atoms with van der Waals surface area (Å²) < 4.78 is 5.16. The van der Waals surface area contributed by atoms with Crippen molar-refractivity contribution in [1.29, 1.82) is 0 Å². The van der Waals surface area contributed by atoms with E-state index < -0.39 is 0 Å². The average molecular weight is 273 g/mol. The van der Waals surface area contributed by atoms with Crippen molar-refractivity contribution in [3.63, 3.8) is 0 Å². The molecule has 2 aromatic rings. The number of carbonyl (C=O) groups excluding carboxylic acids is 1. The van der Waals surface area contributed by atoms with Gasteiger partial charge in [0.25, 0.3) is 0 Å². The Labute approximate surface area is 117 Å². The zero-order valence-electron chi connectivity index (χ0n) is 10.5. The van der Waals surface area contributed by atoms with E-state index in [1.165, 1.54) is 6.08 Å². The minimum atomic E-state index is -0.0904. The molecule has 0 saturated carbocycles. The van der Waals surface area contributed by atoms with Gasteiger partial charge in [0.15, 0.2) is 5.78 Å². The van der Waals surface area contributed by atoms with Crippen LogP contribution in [0.5, 0.6) is 5.75 Å². The first-order chi connectivity index (χ1) is 9.20. The average Bonchev–Trinajstić information content (AvgIpc) is 2.46. The molecule has 0 aliphatic heterocycles. The van der Waals surface area contributed by atoms with Crippen LogP contribution in [-0.2, 0) is 0 Å². The van der Waals surface area contributed by atoms with Gasteiger partial charge in [-0.25, -0.2) is 0 Å². The van der Waals surface area contributed by atoms with E-state index in [0.717, 1.165) is 5.56 Å². The zero-order chi connectivity index (χ0) is 13.7. The van der Waals surface area contributed by atoms with Crippen molar-refractivity contribution >= 4 is 23.5 Å². The molecule has 0 unspecified atom stereocenters. The molecule has 0 amide bonds. The minimum absolute atomic E-state index is 0.0904. The maximum absolute atomic E-state index is 12.1. The SMILES string of the molecule is COc1ccccc1C(=O)/C=C/c1ccc(Cl)cc1. The molecule has 0 aliphatic carbocycles. The van der Waals surface area contributed by atoms with E-state index in [1.807, 2.05) is 24.3 Å². The maximum atomic E-state index is 12.1. The summed E-state index contributed by atoms with van der Waals surface area (Å²) in [6, 6.07) is 14.4. The number of hydrogen-bond donors (Lipinski definition) is 0. The van der Waals surface area contributed by atoms with Gasteiger partial charge < -0.3 is 4.74 Å². The van der Waals surface area contributed by atoms with E-state index in [-0.39, 0.29) is 5.78 Å². The molecule has 0 heterocycles. The van der Waals surface area contributed by atoms with E-state index in [2.05, 4.69) is 0 Å². The fraction of sp³-hybridized carbons (Fsp3) is 0.0625. The van der Waals surface area contributed by atoms with Crippen molar-refractivity contribution < 1.29 is 9.53 Å². The highest BCUT2D eigenvalue weighted by atomic mass is 35.5. The molecular weight excluding hydrogens is 260 g/mol. The zero-order valence-corrected chi connectivity index (χ0v) is 11.2. The Bertz CT molecular complexity index is 600. The van der Waals surface area contributed by atoms with Crippen molar-refractivity contribution in [2.24, 2.45) is 0 Å². The summed E-state index contributed by atoms with van der Waals surface area (Å²) in [5.41, 5.74) is 1.47. The highest BCUT2D eigenvalue weighted by molar-refractivity contribution is 6.30. The third-order valence-electron chi connectivity index (χ3n) is 2.67. The Morgan fingerprint density at radius 2 is 1.79 bits per heavy atom. The first-order valence-corrected chi connectivity index (χ1v) is 6.19. The van der Waals surface area contributed by atoms with Gasteiger partial charge >= 0.3 is 0 Å². The van der Waals surface area contributed by atoms with Gasteiger partial charge in [0.1, 0.15) is 5.75 Å². The second-order valence-electron chi connectivity index (χ2n) is 3.95. The van der Waals surface area contributed by atoms with Crippen LogP contribution in [0.2, 0.25) is 5.02 Å². The van der Waals surface area contributed by atoms with Crippen molar-refractivity contribution in [2.45, 2.75) is 0 Å². The van der Waals surface area contributed by atoms with Gasteiger partial charge in [-0.15, -0.1) is 0 Å². The number of rotatable bonds is 4. The molecule has 0 N–H and O–H groups in total. The van der Waals surface area contributed by atoms with E-state index in [1.54, 1.807) is 37.5 Å². The Balaban J connectivity index is 2.19. The smallest absolute Gasteiger partial charge is 0.189 e. The Hall–Kier alpha value is -2.06. The first kappa shape index (κ1) is 13.4. The van der Waals surface area contributed by atoms with Crippen LogP contribution in [0.1, 0.15) is 15.9 Å². The predicted molar refractivity (Wildman–Crippen MR) is 77.8 cm³/mol. The number of carbonyl (C=O) groups is 1. The lowest BCUT2D eigenvalue weighted by Gasteiger charge is -2.04. The molecule has 96 valence electrons. The van der Waals surface area contributed by atoms with Gasteiger partial charge in [-0.1, -0.05) is 41.9 Å². The van der Waals surface area contributed by atoms with Crippen molar-refractivity contribution in [1.82, 2.24) is 0 Å². The monoisotopic (exact) mass is 272 g/mol. The van der Waals surface area contributed by atoms with Gasteiger partial charge in [0.2, 0.25) is 0 Å². The van der Waals surface area contributed by atoms with Crippen molar-refractivity contribution in [3.05, 3.63) is 70.8 Å². The van der Waals surface area contributed by atoms with Crippen molar-refractivity contribution in [3.8, 4) is 5.75 Å². The number of halogens is 1. The van der Waals surface area contributed by atoms with E-state index in [9.17, 15) is 4.79 Å². The summed E-state index contributed by atoms with van der Waals surface area (Å²) in [6.45, 7) is 0. The van der Waals surface area contributed by atoms with Gasteiger partial charge in [-0.05, 0) is 35.9 Å². The highest BCUT2D eigenvalue weighted by Gasteiger charge is 2.07. The minimum Gasteiger partial charge on any atom is -0.496 e. The maximum Gasteiger partial charge on any atom is 0.189 e. The number of methoxy groups -OCH3 is 1. The molecule has 0 spiro atoms. The number of benzene rings is 2. The lowest BCUT2D eigenvalue weighted by molar-refractivity contribution is 0.104. The standard InChI is InChI=1S/C16H13ClO2/c1-19-16-5-3-2-4-14(16)15(18)11-8-12-6-9-13(17)10-7-12/h2-11H,1H3/b11-8+. The molecule has 0 bridgehead atoms. The summed E-state index contributed by atoms with van der Waals surface area (Å²) in [5.74, 6) is 0.487. The molecular formula is C16H13ClO2.